The molecule has 2 rings (SSSR count). The lowest BCUT2D eigenvalue weighted by Crippen LogP contribution is -1.96. The van der Waals surface area contributed by atoms with E-state index in [4.69, 9.17) is 5.73 Å². The van der Waals surface area contributed by atoms with Gasteiger partial charge in [-0.25, -0.2) is 4.98 Å². The molecule has 0 aliphatic rings. The van der Waals surface area contributed by atoms with Gasteiger partial charge in [0.05, 0.1) is 11.1 Å². The fourth-order valence-electron chi connectivity index (χ4n) is 1.35. The molecule has 18 heavy (non-hydrogen) atoms. The zero-order valence-corrected chi connectivity index (χ0v) is 10.1. The van der Waals surface area contributed by atoms with Crippen molar-refractivity contribution >= 4 is 23.1 Å². The Balaban J connectivity index is 2.11. The van der Waals surface area contributed by atoms with Crippen LogP contribution in [-0.2, 0) is 5.75 Å². The predicted molar refractivity (Wildman–Crippen MR) is 69.1 cm³/mol. The molecule has 0 saturated carbocycles. The Morgan fingerprint density at radius 2 is 2.22 bits per heavy atom. The molecule has 6 nitrogen and oxygen atoms in total. The first-order valence-corrected chi connectivity index (χ1v) is 6.07. The molecule has 0 atom stereocenters. The lowest BCUT2D eigenvalue weighted by atomic mass is 10.2. The third kappa shape index (κ3) is 2.95. The van der Waals surface area contributed by atoms with Crippen LogP contribution in [0.1, 0.15) is 5.56 Å². The molecule has 2 N–H and O–H groups in total. The van der Waals surface area contributed by atoms with Gasteiger partial charge in [-0.3, -0.25) is 15.1 Å². The van der Waals surface area contributed by atoms with Crippen molar-refractivity contribution in [3.05, 3.63) is 52.5 Å². The molecule has 7 heteroatoms. The van der Waals surface area contributed by atoms with Crippen LogP contribution in [0.5, 0.6) is 0 Å². The van der Waals surface area contributed by atoms with Crippen LogP contribution in [0.15, 0.2) is 41.8 Å². The maximum atomic E-state index is 10.7. The van der Waals surface area contributed by atoms with Gasteiger partial charge >= 0.3 is 0 Å². The molecule has 0 bridgehead atoms. The van der Waals surface area contributed by atoms with Gasteiger partial charge in [0.1, 0.15) is 10.7 Å². The second kappa shape index (κ2) is 5.46. The lowest BCUT2D eigenvalue weighted by Gasteiger charge is -2.02. The van der Waals surface area contributed by atoms with Crippen LogP contribution in [-0.4, -0.2) is 14.9 Å². The number of nitrogen functional groups attached to an aromatic ring is 1. The van der Waals surface area contributed by atoms with Gasteiger partial charge < -0.3 is 5.73 Å². The van der Waals surface area contributed by atoms with E-state index in [1.54, 1.807) is 30.7 Å². The maximum absolute atomic E-state index is 10.7. The summed E-state index contributed by atoms with van der Waals surface area (Å²) < 4.78 is 0. The number of nitrogens with two attached hydrogens (primary N) is 1. The van der Waals surface area contributed by atoms with E-state index in [1.807, 2.05) is 0 Å². The topological polar surface area (TPSA) is 94.9 Å². The van der Waals surface area contributed by atoms with E-state index in [-0.39, 0.29) is 11.4 Å². The molecule has 0 saturated heterocycles. The van der Waals surface area contributed by atoms with Crippen molar-refractivity contribution in [3.8, 4) is 0 Å². The van der Waals surface area contributed by atoms with Crippen LogP contribution in [0.2, 0.25) is 0 Å². The number of benzene rings is 1. The summed E-state index contributed by atoms with van der Waals surface area (Å²) in [5.41, 5.74) is 6.46. The lowest BCUT2D eigenvalue weighted by molar-refractivity contribution is -0.383. The Morgan fingerprint density at radius 3 is 2.89 bits per heavy atom. The molecule has 0 fully saturated rings. The summed E-state index contributed by atoms with van der Waals surface area (Å²) >= 11 is 1.46. The maximum Gasteiger partial charge on any atom is 0.292 e. The van der Waals surface area contributed by atoms with E-state index < -0.39 is 4.92 Å². The van der Waals surface area contributed by atoms with Gasteiger partial charge in [0.25, 0.3) is 5.69 Å². The van der Waals surface area contributed by atoms with Gasteiger partial charge in [0.15, 0.2) is 0 Å². The first-order valence-electron chi connectivity index (χ1n) is 5.08. The van der Waals surface area contributed by atoms with Crippen molar-refractivity contribution in [2.45, 2.75) is 10.8 Å². The predicted octanol–water partition coefficient (Wildman–Crippen LogP) is 2.26. The summed E-state index contributed by atoms with van der Waals surface area (Å²) in [5.74, 6) is 0.583. The summed E-state index contributed by atoms with van der Waals surface area (Å²) in [4.78, 5) is 18.3. The SMILES string of the molecule is Nc1ccc(CSc2cnccn2)cc1[N+](=O)[O-]. The van der Waals surface area contributed by atoms with E-state index in [1.165, 1.54) is 17.8 Å². The van der Waals surface area contributed by atoms with Gasteiger partial charge in [-0.1, -0.05) is 6.07 Å². The molecule has 0 spiro atoms. The van der Waals surface area contributed by atoms with Crippen LogP contribution in [0.3, 0.4) is 0 Å². The van der Waals surface area contributed by atoms with E-state index in [0.717, 1.165) is 10.6 Å². The second-order valence-corrected chi connectivity index (χ2v) is 4.48. The van der Waals surface area contributed by atoms with Crippen molar-refractivity contribution in [1.82, 2.24) is 9.97 Å². The molecule has 1 heterocycles. The molecular weight excluding hydrogens is 252 g/mol. The normalized spacial score (nSPS) is 10.2. The molecular formula is C11H10N4O2S. The minimum absolute atomic E-state index is 0.0627. The van der Waals surface area contributed by atoms with Gasteiger partial charge in [-0.05, 0) is 11.6 Å². The Labute approximate surface area is 107 Å². The summed E-state index contributed by atoms with van der Waals surface area (Å²) in [7, 11) is 0. The Morgan fingerprint density at radius 1 is 1.39 bits per heavy atom. The van der Waals surface area contributed by atoms with Crippen molar-refractivity contribution in [3.63, 3.8) is 0 Å². The first-order chi connectivity index (χ1) is 8.66. The van der Waals surface area contributed by atoms with Crippen LogP contribution >= 0.6 is 11.8 Å². The van der Waals surface area contributed by atoms with Gasteiger partial charge in [-0.2, -0.15) is 0 Å². The number of rotatable bonds is 4. The van der Waals surface area contributed by atoms with E-state index in [2.05, 4.69) is 9.97 Å². The van der Waals surface area contributed by atoms with E-state index in [9.17, 15) is 10.1 Å². The highest BCUT2D eigenvalue weighted by molar-refractivity contribution is 7.98. The molecule has 0 amide bonds. The highest BCUT2D eigenvalue weighted by atomic mass is 32.2. The van der Waals surface area contributed by atoms with Gasteiger partial charge in [-0.15, -0.1) is 11.8 Å². The van der Waals surface area contributed by atoms with Crippen LogP contribution in [0.4, 0.5) is 11.4 Å². The molecule has 2 aromatic rings. The van der Waals surface area contributed by atoms with E-state index >= 15 is 0 Å². The summed E-state index contributed by atoms with van der Waals surface area (Å²) in [5, 5.41) is 11.5. The zero-order chi connectivity index (χ0) is 13.0. The number of anilines is 1. The molecule has 0 aliphatic carbocycles. The van der Waals surface area contributed by atoms with Crippen molar-refractivity contribution in [2.24, 2.45) is 0 Å². The second-order valence-electron chi connectivity index (χ2n) is 3.48. The average molecular weight is 262 g/mol. The third-order valence-corrected chi connectivity index (χ3v) is 3.20. The quantitative estimate of drug-likeness (QED) is 0.393. The van der Waals surface area contributed by atoms with Crippen LogP contribution in [0.25, 0.3) is 0 Å². The fourth-order valence-corrected chi connectivity index (χ4v) is 2.12. The minimum atomic E-state index is -0.480. The highest BCUT2D eigenvalue weighted by Crippen LogP contribution is 2.26. The molecule has 0 aliphatic heterocycles. The summed E-state index contributed by atoms with van der Waals surface area (Å²) in [6.45, 7) is 0. The molecule has 1 aromatic carbocycles. The fraction of sp³-hybridized carbons (Fsp3) is 0.0909. The summed E-state index contributed by atoms with van der Waals surface area (Å²) in [6.07, 6.45) is 4.85. The third-order valence-electron chi connectivity index (χ3n) is 2.22. The average Bonchev–Trinajstić information content (AvgIpc) is 2.38. The van der Waals surface area contributed by atoms with E-state index in [0.29, 0.717) is 5.75 Å². The smallest absolute Gasteiger partial charge is 0.292 e. The molecule has 0 radical (unpaired) electrons. The number of thioether (sulfide) groups is 1. The van der Waals surface area contributed by atoms with Crippen LogP contribution < -0.4 is 5.73 Å². The van der Waals surface area contributed by atoms with Gasteiger partial charge in [0.2, 0.25) is 0 Å². The molecule has 1 aromatic heterocycles. The largest absolute Gasteiger partial charge is 0.393 e. The van der Waals surface area contributed by atoms with Crippen LogP contribution in [0, 0.1) is 10.1 Å². The zero-order valence-electron chi connectivity index (χ0n) is 9.31. The molecule has 92 valence electrons. The summed E-state index contributed by atoms with van der Waals surface area (Å²) in [6, 6.07) is 4.80. The minimum Gasteiger partial charge on any atom is -0.393 e. The Kier molecular flexibility index (Phi) is 3.73. The number of nitro benzene ring substituents is 1. The number of aromatic nitrogens is 2. The number of hydrogen-bond donors (Lipinski definition) is 1. The molecule has 0 unspecified atom stereocenters. The monoisotopic (exact) mass is 262 g/mol. The highest BCUT2D eigenvalue weighted by Gasteiger charge is 2.11. The van der Waals surface area contributed by atoms with Crippen molar-refractivity contribution in [2.75, 3.05) is 5.73 Å². The Hall–Kier alpha value is -2.15. The number of hydrogen-bond acceptors (Lipinski definition) is 6. The number of nitro groups is 1. The van der Waals surface area contributed by atoms with Crippen molar-refractivity contribution in [1.29, 1.82) is 0 Å². The standard InChI is InChI=1S/C11H10N4O2S/c12-9-2-1-8(5-10(9)15(16)17)7-18-11-6-13-3-4-14-11/h1-6H,7,12H2. The van der Waals surface area contributed by atoms with Gasteiger partial charge in [0, 0.05) is 24.2 Å². The first kappa shape index (κ1) is 12.3. The van der Waals surface area contributed by atoms with Crippen molar-refractivity contribution < 1.29 is 4.92 Å². The Bertz CT molecular complexity index is 562. The number of nitrogens with zero attached hydrogens (tertiary/aromatic N) is 3.